The van der Waals surface area contributed by atoms with Crippen LogP contribution in [0.15, 0.2) is 54.6 Å². The lowest BCUT2D eigenvalue weighted by molar-refractivity contribution is -0.118. The number of hydrogen-bond donors (Lipinski definition) is 0. The third-order valence-corrected chi connectivity index (χ3v) is 7.75. The van der Waals surface area contributed by atoms with Crippen LogP contribution in [0, 0.1) is 6.92 Å². The molecular formula is C33H41ClN2O4. The predicted molar refractivity (Wildman–Crippen MR) is 163 cm³/mol. The first-order valence-electron chi connectivity index (χ1n) is 14.3. The van der Waals surface area contributed by atoms with Gasteiger partial charge in [-0.2, -0.15) is 0 Å². The van der Waals surface area contributed by atoms with E-state index in [1.54, 1.807) is 7.11 Å². The van der Waals surface area contributed by atoms with E-state index < -0.39 is 0 Å². The largest absolute Gasteiger partial charge is 0.493 e. The van der Waals surface area contributed by atoms with Crippen molar-refractivity contribution in [1.29, 1.82) is 0 Å². The number of nitrogens with zero attached hydrogens (tertiary/aromatic N) is 2. The van der Waals surface area contributed by atoms with Crippen LogP contribution < -0.4 is 19.3 Å². The molecule has 1 fully saturated rings. The Bertz CT molecular complexity index is 1300. The Labute approximate surface area is 243 Å². The average Bonchev–Trinajstić information content (AvgIpc) is 2.98. The summed E-state index contributed by atoms with van der Waals surface area (Å²) in [6.45, 7) is 13.4. The Kier molecular flexibility index (Phi) is 9.99. The summed E-state index contributed by atoms with van der Waals surface area (Å²) in [7, 11) is 1.64. The van der Waals surface area contributed by atoms with Gasteiger partial charge in [-0.05, 0) is 85.0 Å². The van der Waals surface area contributed by atoms with Crippen molar-refractivity contribution >= 4 is 28.9 Å². The number of fused-ring (bicyclic) bond motifs is 1. The average molecular weight is 565 g/mol. The first-order valence-corrected chi connectivity index (χ1v) is 14.7. The maximum absolute atomic E-state index is 13.9. The van der Waals surface area contributed by atoms with Crippen LogP contribution in [-0.2, 0) is 16.0 Å². The SMILES string of the molecule is CC.CC[C@@H](C)Oc1cc2c(cc1OC)CC(=O)N(c1ccc(N3CCOCC3)cc1C)C2c1ccc(Cl)cc1. The van der Waals surface area contributed by atoms with Gasteiger partial charge in [-0.1, -0.05) is 44.5 Å². The summed E-state index contributed by atoms with van der Waals surface area (Å²) in [6.07, 6.45) is 1.19. The number of benzene rings is 3. The molecule has 3 aromatic rings. The lowest BCUT2D eigenvalue weighted by Crippen LogP contribution is -2.41. The fourth-order valence-corrected chi connectivity index (χ4v) is 5.41. The number of amides is 1. The molecule has 6 nitrogen and oxygen atoms in total. The summed E-state index contributed by atoms with van der Waals surface area (Å²) in [5.74, 6) is 1.37. The number of halogens is 1. The Morgan fingerprint density at radius 3 is 2.35 bits per heavy atom. The van der Waals surface area contributed by atoms with Crippen LogP contribution in [0.3, 0.4) is 0 Å². The lowest BCUT2D eigenvalue weighted by atomic mass is 9.86. The van der Waals surface area contributed by atoms with E-state index in [1.807, 2.05) is 56.0 Å². The van der Waals surface area contributed by atoms with Gasteiger partial charge >= 0.3 is 0 Å². The minimum absolute atomic E-state index is 0.0345. The van der Waals surface area contributed by atoms with Crippen molar-refractivity contribution in [3.8, 4) is 11.5 Å². The minimum atomic E-state index is -0.332. The summed E-state index contributed by atoms with van der Waals surface area (Å²) in [6, 6.07) is 17.8. The van der Waals surface area contributed by atoms with E-state index in [2.05, 4.69) is 43.0 Å². The molecule has 0 spiro atoms. The van der Waals surface area contributed by atoms with Gasteiger partial charge in [0.25, 0.3) is 0 Å². The van der Waals surface area contributed by atoms with Gasteiger partial charge in [-0.15, -0.1) is 0 Å². The molecule has 0 aromatic heterocycles. The number of ether oxygens (including phenoxy) is 3. The van der Waals surface area contributed by atoms with Crippen molar-refractivity contribution in [2.24, 2.45) is 0 Å². The van der Waals surface area contributed by atoms with E-state index in [0.717, 1.165) is 66.4 Å². The maximum atomic E-state index is 13.9. The normalized spacial score (nSPS) is 17.5. The van der Waals surface area contributed by atoms with Crippen molar-refractivity contribution < 1.29 is 19.0 Å². The Morgan fingerprint density at radius 2 is 1.73 bits per heavy atom. The summed E-state index contributed by atoms with van der Waals surface area (Å²) in [5, 5.41) is 0.657. The molecule has 2 aliphatic heterocycles. The van der Waals surface area contributed by atoms with Crippen molar-refractivity contribution in [3.63, 3.8) is 0 Å². The molecule has 40 heavy (non-hydrogen) atoms. The monoisotopic (exact) mass is 564 g/mol. The van der Waals surface area contributed by atoms with E-state index in [0.29, 0.717) is 16.5 Å². The zero-order chi connectivity index (χ0) is 28.8. The Hall–Kier alpha value is -3.22. The van der Waals surface area contributed by atoms with E-state index in [9.17, 15) is 4.79 Å². The van der Waals surface area contributed by atoms with Crippen LogP contribution in [-0.4, -0.2) is 45.4 Å². The van der Waals surface area contributed by atoms with Crippen LogP contribution in [0.2, 0.25) is 5.02 Å². The minimum Gasteiger partial charge on any atom is -0.493 e. The van der Waals surface area contributed by atoms with Crippen LogP contribution >= 0.6 is 11.6 Å². The molecule has 2 aliphatic rings. The van der Waals surface area contributed by atoms with Gasteiger partial charge in [0.15, 0.2) is 11.5 Å². The van der Waals surface area contributed by atoms with Crippen molar-refractivity contribution in [2.75, 3.05) is 43.2 Å². The van der Waals surface area contributed by atoms with Crippen LogP contribution in [0.25, 0.3) is 0 Å². The molecule has 5 rings (SSSR count). The molecular weight excluding hydrogens is 524 g/mol. The summed E-state index contributed by atoms with van der Waals surface area (Å²) < 4.78 is 17.5. The van der Waals surface area contributed by atoms with Crippen LogP contribution in [0.4, 0.5) is 11.4 Å². The quantitative estimate of drug-likeness (QED) is 0.300. The van der Waals surface area contributed by atoms with Gasteiger partial charge in [-0.25, -0.2) is 0 Å². The van der Waals surface area contributed by atoms with Gasteiger partial charge < -0.3 is 24.0 Å². The van der Waals surface area contributed by atoms with Gasteiger partial charge in [0.2, 0.25) is 5.91 Å². The number of aryl methyl sites for hydroxylation is 1. The summed E-state index contributed by atoms with van der Waals surface area (Å²) >= 11 is 6.26. The second-order valence-corrected chi connectivity index (χ2v) is 10.4. The molecule has 0 radical (unpaired) electrons. The standard InChI is InChI=1S/C31H35ClN2O4.C2H6/c1-5-21(3)38-29-19-26-23(17-28(29)36-4)18-30(35)34(31(26)22-6-8-24(32)9-7-22)27-11-10-25(16-20(27)2)33-12-14-37-15-13-33;1-2/h6-11,16-17,19,21,31H,5,12-15,18H2,1-4H3;1-2H3/t21-,31?;/m1./s1. The van der Waals surface area contributed by atoms with Crippen molar-refractivity contribution in [1.82, 2.24) is 0 Å². The third-order valence-electron chi connectivity index (χ3n) is 7.49. The summed E-state index contributed by atoms with van der Waals surface area (Å²) in [5.41, 5.74) is 6.06. The molecule has 2 atom stereocenters. The van der Waals surface area contributed by atoms with Crippen LogP contribution in [0.1, 0.15) is 62.4 Å². The molecule has 7 heteroatoms. The fraction of sp³-hybridized carbons (Fsp3) is 0.424. The molecule has 1 amide bonds. The highest BCUT2D eigenvalue weighted by atomic mass is 35.5. The zero-order valence-electron chi connectivity index (χ0n) is 24.5. The second kappa shape index (κ2) is 13.4. The molecule has 214 valence electrons. The van der Waals surface area contributed by atoms with Gasteiger partial charge in [0.1, 0.15) is 0 Å². The Morgan fingerprint density at radius 1 is 1.02 bits per heavy atom. The molecule has 1 unspecified atom stereocenters. The number of anilines is 2. The van der Waals surface area contributed by atoms with E-state index in [-0.39, 0.29) is 24.5 Å². The smallest absolute Gasteiger partial charge is 0.232 e. The number of carbonyl (C=O) groups is 1. The highest BCUT2D eigenvalue weighted by Gasteiger charge is 2.37. The highest BCUT2D eigenvalue weighted by Crippen LogP contribution is 2.45. The zero-order valence-corrected chi connectivity index (χ0v) is 25.3. The second-order valence-electron chi connectivity index (χ2n) is 10.0. The number of methoxy groups -OCH3 is 1. The summed E-state index contributed by atoms with van der Waals surface area (Å²) in [4.78, 5) is 18.1. The number of morpholine rings is 1. The van der Waals surface area contributed by atoms with Gasteiger partial charge in [0, 0.05) is 29.5 Å². The predicted octanol–water partition coefficient (Wildman–Crippen LogP) is 7.38. The van der Waals surface area contributed by atoms with E-state index >= 15 is 0 Å². The fourth-order valence-electron chi connectivity index (χ4n) is 5.28. The molecule has 0 saturated carbocycles. The van der Waals surface area contributed by atoms with Gasteiger partial charge in [-0.3, -0.25) is 4.79 Å². The number of carbonyl (C=O) groups excluding carboxylic acids is 1. The highest BCUT2D eigenvalue weighted by molar-refractivity contribution is 6.30. The lowest BCUT2D eigenvalue weighted by Gasteiger charge is -2.39. The molecule has 1 saturated heterocycles. The van der Waals surface area contributed by atoms with E-state index in [1.165, 1.54) is 0 Å². The molecule has 3 aromatic carbocycles. The van der Waals surface area contributed by atoms with Crippen LogP contribution in [0.5, 0.6) is 11.5 Å². The first kappa shape index (κ1) is 29.8. The van der Waals surface area contributed by atoms with E-state index in [4.69, 9.17) is 25.8 Å². The molecule has 0 bridgehead atoms. The third kappa shape index (κ3) is 6.24. The first-order chi connectivity index (χ1) is 19.4. The van der Waals surface area contributed by atoms with Gasteiger partial charge in [0.05, 0.1) is 38.9 Å². The van der Waals surface area contributed by atoms with Crippen molar-refractivity contribution in [3.05, 3.63) is 81.9 Å². The topological polar surface area (TPSA) is 51.2 Å². The number of hydrogen-bond acceptors (Lipinski definition) is 5. The molecule has 0 N–H and O–H groups in total. The Balaban J connectivity index is 0.00000181. The molecule has 0 aliphatic carbocycles. The van der Waals surface area contributed by atoms with Crippen molar-refractivity contribution in [2.45, 2.75) is 59.6 Å². The molecule has 2 heterocycles. The maximum Gasteiger partial charge on any atom is 0.232 e. The number of rotatable bonds is 7.